The van der Waals surface area contributed by atoms with Gasteiger partial charge in [0.15, 0.2) is 0 Å². The van der Waals surface area contributed by atoms with Crippen LogP contribution in [-0.4, -0.2) is 18.7 Å². The third kappa shape index (κ3) is 2.94. The van der Waals surface area contributed by atoms with Crippen LogP contribution in [0.4, 0.5) is 4.39 Å². The average Bonchev–Trinajstić information content (AvgIpc) is 2.20. The van der Waals surface area contributed by atoms with Gasteiger partial charge in [0.2, 0.25) is 0 Å². The van der Waals surface area contributed by atoms with Gasteiger partial charge in [0.25, 0.3) is 0 Å². The quantitative estimate of drug-likeness (QED) is 0.764. The van der Waals surface area contributed by atoms with Crippen LogP contribution in [0.3, 0.4) is 0 Å². The maximum atomic E-state index is 13.3. The van der Waals surface area contributed by atoms with E-state index < -0.39 is 0 Å². The zero-order valence-electron chi connectivity index (χ0n) is 8.13. The summed E-state index contributed by atoms with van der Waals surface area (Å²) in [4.78, 5) is 0. The maximum Gasteiger partial charge on any atom is 0.130 e. The molecule has 0 aliphatic heterocycles. The lowest BCUT2D eigenvalue weighted by Crippen LogP contribution is -2.03. The van der Waals surface area contributed by atoms with Crippen molar-refractivity contribution in [3.05, 3.63) is 41.2 Å². The van der Waals surface area contributed by atoms with Crippen LogP contribution in [0.25, 0.3) is 6.08 Å². The second-order valence-corrected chi connectivity index (χ2v) is 2.97. The summed E-state index contributed by atoms with van der Waals surface area (Å²) in [6.45, 7) is 0.582. The highest BCUT2D eigenvalue weighted by Gasteiger charge is 1.99. The number of hydrogen-bond donors (Lipinski definition) is 2. The SMILES string of the molecule is CNCC=Cc1ccc(CO)cc1F. The molecule has 0 radical (unpaired) electrons. The van der Waals surface area contributed by atoms with E-state index in [9.17, 15) is 4.39 Å². The van der Waals surface area contributed by atoms with E-state index in [1.807, 2.05) is 13.1 Å². The third-order valence-electron chi connectivity index (χ3n) is 1.87. The minimum atomic E-state index is -0.302. The fraction of sp³-hybridized carbons (Fsp3) is 0.273. The van der Waals surface area contributed by atoms with E-state index in [0.717, 1.165) is 0 Å². The molecule has 3 heteroatoms. The predicted octanol–water partition coefficient (Wildman–Crippen LogP) is 1.55. The van der Waals surface area contributed by atoms with E-state index in [0.29, 0.717) is 17.7 Å². The lowest BCUT2D eigenvalue weighted by atomic mass is 10.1. The monoisotopic (exact) mass is 195 g/mol. The molecule has 0 aromatic heterocycles. The highest BCUT2D eigenvalue weighted by molar-refractivity contribution is 5.50. The van der Waals surface area contributed by atoms with Gasteiger partial charge in [-0.25, -0.2) is 4.39 Å². The Hall–Kier alpha value is -1.19. The molecule has 1 rings (SSSR count). The van der Waals surface area contributed by atoms with E-state index in [-0.39, 0.29) is 12.4 Å². The molecule has 0 heterocycles. The van der Waals surface area contributed by atoms with Crippen LogP contribution in [-0.2, 0) is 6.61 Å². The van der Waals surface area contributed by atoms with E-state index in [4.69, 9.17) is 5.11 Å². The molecule has 0 bridgehead atoms. The van der Waals surface area contributed by atoms with Crippen LogP contribution in [0.1, 0.15) is 11.1 Å². The lowest BCUT2D eigenvalue weighted by Gasteiger charge is -1.99. The van der Waals surface area contributed by atoms with Gasteiger partial charge < -0.3 is 10.4 Å². The molecular formula is C11H14FNO. The molecular weight excluding hydrogens is 181 g/mol. The number of likely N-dealkylation sites (N-methyl/N-ethyl adjacent to an activating group) is 1. The molecule has 0 amide bonds. The summed E-state index contributed by atoms with van der Waals surface area (Å²) in [6, 6.07) is 4.72. The van der Waals surface area contributed by atoms with Crippen molar-refractivity contribution >= 4 is 6.08 Å². The molecule has 1 aromatic rings. The first-order valence-electron chi connectivity index (χ1n) is 4.48. The topological polar surface area (TPSA) is 32.3 Å². The van der Waals surface area contributed by atoms with Crippen molar-refractivity contribution < 1.29 is 9.50 Å². The summed E-state index contributed by atoms with van der Waals surface area (Å²) < 4.78 is 13.3. The van der Waals surface area contributed by atoms with Crippen LogP contribution in [0.15, 0.2) is 24.3 Å². The molecule has 0 saturated carbocycles. The number of benzene rings is 1. The van der Waals surface area contributed by atoms with Gasteiger partial charge in [0, 0.05) is 12.1 Å². The lowest BCUT2D eigenvalue weighted by molar-refractivity contribution is 0.281. The molecule has 0 aliphatic rings. The van der Waals surface area contributed by atoms with Gasteiger partial charge in [-0.3, -0.25) is 0 Å². The van der Waals surface area contributed by atoms with E-state index in [2.05, 4.69) is 5.32 Å². The van der Waals surface area contributed by atoms with Crippen molar-refractivity contribution in [2.24, 2.45) is 0 Å². The number of halogens is 1. The summed E-state index contributed by atoms with van der Waals surface area (Å²) in [6.07, 6.45) is 3.56. The van der Waals surface area contributed by atoms with Gasteiger partial charge in [-0.2, -0.15) is 0 Å². The normalized spacial score (nSPS) is 11.1. The third-order valence-corrected chi connectivity index (χ3v) is 1.87. The summed E-state index contributed by atoms with van der Waals surface area (Å²) in [5.41, 5.74) is 1.13. The first-order chi connectivity index (χ1) is 6.77. The highest BCUT2D eigenvalue weighted by atomic mass is 19.1. The fourth-order valence-electron chi connectivity index (χ4n) is 1.11. The number of nitrogens with one attached hydrogen (secondary N) is 1. The molecule has 1 aromatic carbocycles. The molecule has 0 fully saturated rings. The van der Waals surface area contributed by atoms with Crippen LogP contribution in [0.5, 0.6) is 0 Å². The summed E-state index contributed by atoms with van der Waals surface area (Å²) in [5, 5.41) is 11.7. The Kier molecular flexibility index (Phi) is 4.29. The molecule has 14 heavy (non-hydrogen) atoms. The first-order valence-corrected chi connectivity index (χ1v) is 4.48. The van der Waals surface area contributed by atoms with Crippen molar-refractivity contribution in [2.45, 2.75) is 6.61 Å². The first kappa shape index (κ1) is 10.9. The van der Waals surface area contributed by atoms with E-state index >= 15 is 0 Å². The minimum Gasteiger partial charge on any atom is -0.392 e. The standard InChI is InChI=1S/C11H14FNO/c1-13-6-2-3-10-5-4-9(8-14)7-11(10)12/h2-5,7,13-14H,6,8H2,1H3. The zero-order valence-corrected chi connectivity index (χ0v) is 8.13. The van der Waals surface area contributed by atoms with Gasteiger partial charge in [0.1, 0.15) is 5.82 Å². The molecule has 76 valence electrons. The van der Waals surface area contributed by atoms with Crippen molar-refractivity contribution in [2.75, 3.05) is 13.6 Å². The smallest absolute Gasteiger partial charge is 0.130 e. The van der Waals surface area contributed by atoms with Gasteiger partial charge in [-0.1, -0.05) is 24.3 Å². The Labute approximate surface area is 83.1 Å². The fourth-order valence-corrected chi connectivity index (χ4v) is 1.11. The second-order valence-electron chi connectivity index (χ2n) is 2.97. The van der Waals surface area contributed by atoms with Crippen LogP contribution < -0.4 is 5.32 Å². The van der Waals surface area contributed by atoms with Crippen LogP contribution >= 0.6 is 0 Å². The minimum absolute atomic E-state index is 0.128. The largest absolute Gasteiger partial charge is 0.392 e. The Morgan fingerprint density at radius 2 is 2.29 bits per heavy atom. The number of rotatable bonds is 4. The Balaban J connectivity index is 2.78. The molecule has 0 saturated heterocycles. The van der Waals surface area contributed by atoms with Gasteiger partial charge >= 0.3 is 0 Å². The Morgan fingerprint density at radius 3 is 2.86 bits per heavy atom. The van der Waals surface area contributed by atoms with Crippen molar-refractivity contribution in [1.29, 1.82) is 0 Å². The second kappa shape index (κ2) is 5.52. The Bertz CT molecular complexity index is 323. The van der Waals surface area contributed by atoms with Crippen molar-refractivity contribution in [1.82, 2.24) is 5.32 Å². The highest BCUT2D eigenvalue weighted by Crippen LogP contribution is 2.11. The number of aliphatic hydroxyl groups excluding tert-OH is 1. The summed E-state index contributed by atoms with van der Waals surface area (Å²) >= 11 is 0. The van der Waals surface area contributed by atoms with Crippen molar-refractivity contribution in [3.8, 4) is 0 Å². The van der Waals surface area contributed by atoms with Gasteiger partial charge in [-0.15, -0.1) is 0 Å². The predicted molar refractivity (Wildman–Crippen MR) is 55.3 cm³/mol. The van der Waals surface area contributed by atoms with Crippen LogP contribution in [0.2, 0.25) is 0 Å². The van der Waals surface area contributed by atoms with Crippen molar-refractivity contribution in [3.63, 3.8) is 0 Å². The number of hydrogen-bond acceptors (Lipinski definition) is 2. The molecule has 0 aliphatic carbocycles. The Morgan fingerprint density at radius 1 is 1.50 bits per heavy atom. The van der Waals surface area contributed by atoms with E-state index in [1.54, 1.807) is 18.2 Å². The van der Waals surface area contributed by atoms with Crippen LogP contribution in [0, 0.1) is 5.82 Å². The molecule has 2 N–H and O–H groups in total. The molecule has 0 atom stereocenters. The van der Waals surface area contributed by atoms with Gasteiger partial charge in [0.05, 0.1) is 6.61 Å². The molecule has 0 spiro atoms. The molecule has 0 unspecified atom stereocenters. The van der Waals surface area contributed by atoms with Gasteiger partial charge in [-0.05, 0) is 18.7 Å². The average molecular weight is 195 g/mol. The van der Waals surface area contributed by atoms with E-state index in [1.165, 1.54) is 6.07 Å². The number of aliphatic hydroxyl groups is 1. The summed E-state index contributed by atoms with van der Waals surface area (Å²) in [7, 11) is 1.83. The summed E-state index contributed by atoms with van der Waals surface area (Å²) in [5.74, 6) is -0.302. The maximum absolute atomic E-state index is 13.3. The zero-order chi connectivity index (χ0) is 10.4. The molecule has 2 nitrogen and oxygen atoms in total.